The molecule has 26 atom stereocenters. The van der Waals surface area contributed by atoms with Crippen molar-refractivity contribution in [3.05, 3.63) is 0 Å². The van der Waals surface area contributed by atoms with E-state index < -0.39 is 129 Å². The zero-order chi connectivity index (χ0) is 48.4. The van der Waals surface area contributed by atoms with E-state index in [1.165, 1.54) is 6.92 Å². The number of rotatable bonds is 13. The summed E-state index contributed by atoms with van der Waals surface area (Å²) in [5, 5.41) is 121. The van der Waals surface area contributed by atoms with Crippen molar-refractivity contribution in [2.45, 2.75) is 224 Å². The average Bonchev–Trinajstić information content (AvgIpc) is 3.90. The molecule has 0 aromatic heterocycles. The molecule has 66 heavy (non-hydrogen) atoms. The van der Waals surface area contributed by atoms with E-state index in [1.807, 2.05) is 13.8 Å². The molecule has 3 saturated heterocycles. The fourth-order valence-corrected chi connectivity index (χ4v) is 15.8. The summed E-state index contributed by atoms with van der Waals surface area (Å²) in [4.78, 5) is 12.7. The van der Waals surface area contributed by atoms with Crippen LogP contribution in [0.25, 0.3) is 0 Å². The maximum Gasteiger partial charge on any atom is 0.187 e. The Morgan fingerprint density at radius 3 is 1.88 bits per heavy atom. The first kappa shape index (κ1) is 51.3. The van der Waals surface area contributed by atoms with Crippen molar-refractivity contribution in [2.75, 3.05) is 13.2 Å². The van der Waals surface area contributed by atoms with Crippen LogP contribution in [0.5, 0.6) is 0 Å². The second kappa shape index (κ2) is 18.2. The lowest BCUT2D eigenvalue weighted by Gasteiger charge is -2.64. The Balaban J connectivity index is 0.996. The summed E-state index contributed by atoms with van der Waals surface area (Å²) in [5.74, 6) is 0.566. The lowest BCUT2D eigenvalue weighted by Crippen LogP contribution is -2.66. The van der Waals surface area contributed by atoms with Crippen molar-refractivity contribution in [3.8, 4) is 0 Å². The summed E-state index contributed by atoms with van der Waals surface area (Å²) in [6, 6.07) is 0. The highest BCUT2D eigenvalue weighted by atomic mass is 16.8. The third-order valence-electron chi connectivity index (χ3n) is 19.5. The highest BCUT2D eigenvalue weighted by Gasteiger charge is 2.85. The van der Waals surface area contributed by atoms with Gasteiger partial charge < -0.3 is 84.6 Å². The minimum Gasteiger partial charge on any atom is -0.394 e. The van der Waals surface area contributed by atoms with Crippen LogP contribution in [0.3, 0.4) is 0 Å². The molecule has 3 aliphatic heterocycles. The van der Waals surface area contributed by atoms with Crippen molar-refractivity contribution in [2.24, 2.45) is 56.7 Å². The number of Topliss-reactive ketones (excluding diaryl/α,β-unsaturated/α-hetero) is 1. The molecule has 0 aromatic rings. The van der Waals surface area contributed by atoms with E-state index in [2.05, 4.69) is 34.6 Å². The molecular formula is C48H80O18. The molecule has 2 spiro atoms. The highest BCUT2D eigenvalue weighted by Crippen LogP contribution is 2.89. The molecule has 5 saturated carbocycles. The van der Waals surface area contributed by atoms with Crippen LogP contribution in [0.1, 0.15) is 113 Å². The number of hydrogen-bond donors (Lipinski definition) is 11. The Morgan fingerprint density at radius 2 is 1.24 bits per heavy atom. The van der Waals surface area contributed by atoms with Crippen LogP contribution in [0.2, 0.25) is 0 Å². The van der Waals surface area contributed by atoms with Crippen molar-refractivity contribution in [1.82, 2.24) is 0 Å². The molecule has 8 aliphatic rings. The molecule has 11 N–H and O–H groups in total. The lowest BCUT2D eigenvalue weighted by molar-refractivity contribution is -0.388. The van der Waals surface area contributed by atoms with Crippen LogP contribution in [0, 0.1) is 56.7 Å². The Labute approximate surface area is 387 Å². The average molecular weight is 945 g/mol. The van der Waals surface area contributed by atoms with Crippen molar-refractivity contribution < 1.29 is 89.4 Å². The molecular weight excluding hydrogens is 865 g/mol. The first-order chi connectivity index (χ1) is 30.9. The normalized spacial score (nSPS) is 54.8. The Hall–Kier alpha value is -1.01. The molecule has 8 rings (SSSR count). The zero-order valence-corrected chi connectivity index (χ0v) is 39.8. The molecule has 18 heteroatoms. The minimum atomic E-state index is -1.84. The van der Waals surface area contributed by atoms with Crippen LogP contribution in [0.4, 0.5) is 0 Å². The molecule has 0 radical (unpaired) electrons. The second-order valence-corrected chi connectivity index (χ2v) is 23.3. The first-order valence-corrected chi connectivity index (χ1v) is 24.7. The number of carbonyl (C=O) groups excluding carboxylic acids is 1. The number of hydrogen-bond acceptors (Lipinski definition) is 18. The molecule has 0 aromatic carbocycles. The molecule has 18 nitrogen and oxygen atoms in total. The van der Waals surface area contributed by atoms with Gasteiger partial charge in [0.15, 0.2) is 18.9 Å². The maximum absolute atomic E-state index is 12.7. The summed E-state index contributed by atoms with van der Waals surface area (Å²) in [6.45, 7) is 15.0. The predicted molar refractivity (Wildman–Crippen MR) is 230 cm³/mol. The van der Waals surface area contributed by atoms with E-state index in [1.54, 1.807) is 0 Å². The van der Waals surface area contributed by atoms with Crippen LogP contribution in [-0.4, -0.2) is 186 Å². The van der Waals surface area contributed by atoms with E-state index in [0.29, 0.717) is 32.1 Å². The number of ether oxygens (including phenoxy) is 6. The lowest BCUT2D eigenvalue weighted by atomic mass is 9.41. The Kier molecular flexibility index (Phi) is 14.2. The molecule has 380 valence electrons. The number of aliphatic hydroxyl groups is 11. The van der Waals surface area contributed by atoms with Gasteiger partial charge >= 0.3 is 0 Å². The van der Waals surface area contributed by atoms with E-state index in [-0.39, 0.29) is 57.0 Å². The van der Waals surface area contributed by atoms with Gasteiger partial charge in [0.1, 0.15) is 72.9 Å². The number of fused-ring (bicyclic) bond motifs is 2. The standard InChI is InChI=1S/C48H80O18/c1-20(2)23(51)10-9-21(3)31-24(52)15-45(7)28-12-11-27-44(5,6)30(13-14-47(27)19-48(28,47)29(53)16-46(31,45)8)64-43-40(36(58)34(56)26(18-50)63-43)66-42-38(60)39(32(54)22(4)61-42)65-41-37(59)35(57)33(55)25(17-49)62-41/h20-22,24-43,49-50,52-60H,9-19H2,1-8H3/t21-,22+,24+,25-,26-,27-,28+,29-,30+,31+,32+,33-,34-,35+,36+,37-,38-,39-,40-,41-,42-,43-,45+,46-,47-,48+/m1/s1. The van der Waals surface area contributed by atoms with Crippen molar-refractivity contribution in [3.63, 3.8) is 0 Å². The van der Waals surface area contributed by atoms with Gasteiger partial charge in [-0.15, -0.1) is 0 Å². The molecule has 3 heterocycles. The van der Waals surface area contributed by atoms with Gasteiger partial charge in [0.25, 0.3) is 0 Å². The number of carbonyl (C=O) groups is 1. The third kappa shape index (κ3) is 7.73. The van der Waals surface area contributed by atoms with E-state index in [0.717, 1.165) is 25.7 Å². The molecule has 5 aliphatic carbocycles. The fourth-order valence-electron chi connectivity index (χ4n) is 15.8. The van der Waals surface area contributed by atoms with Gasteiger partial charge in [-0.2, -0.15) is 0 Å². The van der Waals surface area contributed by atoms with Gasteiger partial charge in [-0.1, -0.05) is 48.5 Å². The molecule has 0 bridgehead atoms. The highest BCUT2D eigenvalue weighted by molar-refractivity contribution is 5.80. The third-order valence-corrected chi connectivity index (χ3v) is 19.5. The zero-order valence-electron chi connectivity index (χ0n) is 39.8. The summed E-state index contributed by atoms with van der Waals surface area (Å²) >= 11 is 0. The van der Waals surface area contributed by atoms with Crippen LogP contribution < -0.4 is 0 Å². The number of aliphatic hydroxyl groups excluding tert-OH is 11. The quantitative estimate of drug-likeness (QED) is 0.107. The largest absolute Gasteiger partial charge is 0.394 e. The minimum absolute atomic E-state index is 0.0346. The maximum atomic E-state index is 12.7. The van der Waals surface area contributed by atoms with Gasteiger partial charge in [0.2, 0.25) is 0 Å². The van der Waals surface area contributed by atoms with Crippen LogP contribution >= 0.6 is 0 Å². The first-order valence-electron chi connectivity index (χ1n) is 24.7. The van der Waals surface area contributed by atoms with Crippen LogP contribution in [0.15, 0.2) is 0 Å². The topological polar surface area (TPSA) is 295 Å². The smallest absolute Gasteiger partial charge is 0.187 e. The van der Waals surface area contributed by atoms with E-state index >= 15 is 0 Å². The van der Waals surface area contributed by atoms with Gasteiger partial charge in [-0.3, -0.25) is 4.79 Å². The summed E-state index contributed by atoms with van der Waals surface area (Å²) < 4.78 is 36.3. The van der Waals surface area contributed by atoms with Gasteiger partial charge in [-0.05, 0) is 104 Å². The van der Waals surface area contributed by atoms with Gasteiger partial charge in [0.05, 0.1) is 37.6 Å². The fraction of sp³-hybridized carbons (Fsp3) is 0.979. The summed E-state index contributed by atoms with van der Waals surface area (Å²) in [6.07, 6.45) is -18.9. The monoisotopic (exact) mass is 945 g/mol. The second-order valence-electron chi connectivity index (χ2n) is 23.3. The summed E-state index contributed by atoms with van der Waals surface area (Å²) in [5.41, 5.74) is -1.59. The van der Waals surface area contributed by atoms with Crippen LogP contribution in [-0.2, 0) is 33.2 Å². The summed E-state index contributed by atoms with van der Waals surface area (Å²) in [7, 11) is 0. The predicted octanol–water partition coefficient (Wildman–Crippen LogP) is -0.130. The van der Waals surface area contributed by atoms with Gasteiger partial charge in [0, 0.05) is 17.8 Å². The van der Waals surface area contributed by atoms with Crippen molar-refractivity contribution in [1.29, 1.82) is 0 Å². The number of ketones is 1. The Bertz CT molecular complexity index is 1730. The molecule has 8 fully saturated rings. The Morgan fingerprint density at radius 1 is 0.652 bits per heavy atom. The van der Waals surface area contributed by atoms with E-state index in [4.69, 9.17) is 28.4 Å². The van der Waals surface area contributed by atoms with Gasteiger partial charge in [-0.25, -0.2) is 0 Å². The molecule has 0 amide bonds. The van der Waals surface area contributed by atoms with E-state index in [9.17, 15) is 61.0 Å². The SMILES string of the molecule is CC(C)C(=O)CC[C@@H](C)[C@H]1[C@@H](O)C[C@@]2(C)[C@@H]3CC[C@@H]4C(C)(C)[C@@H](O[C@H]5O[C@H](CO)[C@@H](O)[C@H](O)[C@H]5O[C@H]5O[C@@H](C)[C@H](O)[C@@H](O[C@H]6O[C@H](CO)[C@@H](O)[C@H](O)[C@H]6O)[C@H]5O)CC[C@@]45C[C@@]35[C@H](O)C[C@]12C. The van der Waals surface area contributed by atoms with Crippen molar-refractivity contribution >= 4 is 5.78 Å². The molecule has 0 unspecified atom stereocenters.